The van der Waals surface area contributed by atoms with Crippen molar-refractivity contribution >= 4 is 21.6 Å². The predicted molar refractivity (Wildman–Crippen MR) is 92.2 cm³/mol. The molecule has 0 spiro atoms. The van der Waals surface area contributed by atoms with Gasteiger partial charge >= 0.3 is 0 Å². The third-order valence-electron chi connectivity index (χ3n) is 4.31. The Kier molecular flexibility index (Phi) is 4.85. The molecule has 3 rings (SSSR count). The molecule has 2 aromatic rings. The molecule has 23 heavy (non-hydrogen) atoms. The van der Waals surface area contributed by atoms with Crippen LogP contribution in [0.3, 0.4) is 0 Å². The molecule has 0 fully saturated rings. The van der Waals surface area contributed by atoms with Crippen LogP contribution in [-0.2, 0) is 24.1 Å². The topological polar surface area (TPSA) is 64.3 Å². The average Bonchev–Trinajstić information content (AvgIpc) is 2.86. The Morgan fingerprint density at radius 2 is 2.30 bits per heavy atom. The van der Waals surface area contributed by atoms with Gasteiger partial charge in [-0.05, 0) is 44.6 Å². The molecule has 126 valence electrons. The summed E-state index contributed by atoms with van der Waals surface area (Å²) in [4.78, 5) is 19.4. The zero-order valence-corrected chi connectivity index (χ0v) is 14.7. The zero-order chi connectivity index (χ0) is 16.6. The van der Waals surface area contributed by atoms with Gasteiger partial charge in [0.15, 0.2) is 0 Å². The molecule has 5 nitrogen and oxygen atoms in total. The van der Waals surface area contributed by atoms with Crippen LogP contribution in [0.4, 0.5) is 0 Å². The van der Waals surface area contributed by atoms with Crippen molar-refractivity contribution in [2.45, 2.75) is 58.8 Å². The van der Waals surface area contributed by atoms with Gasteiger partial charge in [-0.15, -0.1) is 11.3 Å². The second-order valence-corrected chi connectivity index (χ2v) is 7.85. The van der Waals surface area contributed by atoms with E-state index in [0.717, 1.165) is 29.5 Å². The van der Waals surface area contributed by atoms with Crippen molar-refractivity contribution in [2.24, 2.45) is 5.92 Å². The summed E-state index contributed by atoms with van der Waals surface area (Å²) in [5.74, 6) is 0.674. The fourth-order valence-corrected chi connectivity index (χ4v) is 4.42. The number of aliphatic hydroxyl groups excluding tert-OH is 1. The normalized spacial score (nSPS) is 19.3. The third-order valence-corrected chi connectivity index (χ3v) is 5.47. The summed E-state index contributed by atoms with van der Waals surface area (Å²) in [5, 5.41) is 10.8. The molecule has 0 radical (unpaired) electrons. The largest absolute Gasteiger partial charge is 0.389 e. The van der Waals surface area contributed by atoms with E-state index in [1.807, 2.05) is 13.8 Å². The highest BCUT2D eigenvalue weighted by atomic mass is 32.1. The third kappa shape index (κ3) is 3.49. The summed E-state index contributed by atoms with van der Waals surface area (Å²) in [5.41, 5.74) is 1.15. The van der Waals surface area contributed by atoms with Gasteiger partial charge in [0.05, 0.1) is 37.1 Å². The Hall–Kier alpha value is -1.24. The molecular formula is C17H24N2O3S. The van der Waals surface area contributed by atoms with Crippen LogP contribution >= 0.6 is 11.3 Å². The van der Waals surface area contributed by atoms with Crippen molar-refractivity contribution < 1.29 is 9.84 Å². The highest BCUT2D eigenvalue weighted by Gasteiger charge is 2.23. The standard InChI is InChI=1S/C17H24N2O3S/c1-10(2)22-8-12(20)7-19-9-18-16-15(17(19)21)13-5-4-11(3)6-14(13)23-16/h9-12,20H,4-8H2,1-3H3. The van der Waals surface area contributed by atoms with Gasteiger partial charge in [-0.2, -0.15) is 0 Å². The van der Waals surface area contributed by atoms with Crippen LogP contribution < -0.4 is 5.56 Å². The van der Waals surface area contributed by atoms with Crippen molar-refractivity contribution in [1.82, 2.24) is 9.55 Å². The first kappa shape index (κ1) is 16.6. The Labute approximate surface area is 139 Å². The molecule has 1 aliphatic carbocycles. The van der Waals surface area contributed by atoms with E-state index in [2.05, 4.69) is 11.9 Å². The van der Waals surface area contributed by atoms with E-state index in [-0.39, 0.29) is 24.8 Å². The van der Waals surface area contributed by atoms with Crippen LogP contribution in [0, 0.1) is 5.92 Å². The van der Waals surface area contributed by atoms with E-state index in [1.54, 1.807) is 17.7 Å². The maximum Gasteiger partial charge on any atom is 0.262 e. The van der Waals surface area contributed by atoms with Gasteiger partial charge in [-0.3, -0.25) is 9.36 Å². The van der Waals surface area contributed by atoms with Crippen LogP contribution in [0.1, 0.15) is 37.6 Å². The van der Waals surface area contributed by atoms with Crippen molar-refractivity contribution in [3.05, 3.63) is 27.1 Å². The fraction of sp³-hybridized carbons (Fsp3) is 0.647. The Balaban J connectivity index is 1.88. The lowest BCUT2D eigenvalue weighted by molar-refractivity contribution is -0.00111. The number of thiophene rings is 1. The molecule has 0 bridgehead atoms. The molecule has 2 atom stereocenters. The smallest absolute Gasteiger partial charge is 0.262 e. The molecule has 0 saturated heterocycles. The van der Waals surface area contributed by atoms with Gasteiger partial charge in [0.2, 0.25) is 0 Å². The molecule has 1 N–H and O–H groups in total. The number of fused-ring (bicyclic) bond motifs is 3. The predicted octanol–water partition coefficient (Wildman–Crippen LogP) is 2.37. The van der Waals surface area contributed by atoms with Gasteiger partial charge < -0.3 is 9.84 Å². The van der Waals surface area contributed by atoms with E-state index in [9.17, 15) is 9.90 Å². The van der Waals surface area contributed by atoms with Gasteiger partial charge in [-0.25, -0.2) is 4.98 Å². The Bertz CT molecular complexity index is 750. The number of hydrogen-bond donors (Lipinski definition) is 1. The summed E-state index contributed by atoms with van der Waals surface area (Å²) in [7, 11) is 0. The molecule has 6 heteroatoms. The van der Waals surface area contributed by atoms with E-state index in [0.29, 0.717) is 5.92 Å². The van der Waals surface area contributed by atoms with Gasteiger partial charge in [0, 0.05) is 4.88 Å². The monoisotopic (exact) mass is 336 g/mol. The molecule has 0 aromatic carbocycles. The lowest BCUT2D eigenvalue weighted by Gasteiger charge is -2.18. The molecular weight excluding hydrogens is 312 g/mol. The SMILES string of the molecule is CC1CCc2c(sc3ncn(CC(O)COC(C)C)c(=O)c23)C1. The molecule has 0 saturated carbocycles. The van der Waals surface area contributed by atoms with Crippen LogP contribution in [0.25, 0.3) is 10.2 Å². The minimum atomic E-state index is -0.705. The first-order valence-corrected chi connectivity index (χ1v) is 9.06. The van der Waals surface area contributed by atoms with Crippen LogP contribution in [-0.4, -0.2) is 33.5 Å². The lowest BCUT2D eigenvalue weighted by Crippen LogP contribution is -2.30. The Morgan fingerprint density at radius 1 is 1.52 bits per heavy atom. The minimum absolute atomic E-state index is 0.0364. The number of aliphatic hydroxyl groups is 1. The fourth-order valence-electron chi connectivity index (χ4n) is 3.08. The van der Waals surface area contributed by atoms with Crippen molar-refractivity contribution in [3.63, 3.8) is 0 Å². The maximum atomic E-state index is 12.8. The number of nitrogens with zero attached hydrogens (tertiary/aromatic N) is 2. The van der Waals surface area contributed by atoms with Gasteiger partial charge in [-0.1, -0.05) is 6.92 Å². The van der Waals surface area contributed by atoms with Gasteiger partial charge in [0.25, 0.3) is 5.56 Å². The molecule has 2 aromatic heterocycles. The zero-order valence-electron chi connectivity index (χ0n) is 13.9. The molecule has 2 unspecified atom stereocenters. The second kappa shape index (κ2) is 6.71. The van der Waals surface area contributed by atoms with Crippen molar-refractivity contribution in [3.8, 4) is 0 Å². The lowest BCUT2D eigenvalue weighted by atomic mass is 9.89. The van der Waals surface area contributed by atoms with Crippen LogP contribution in [0.5, 0.6) is 0 Å². The van der Waals surface area contributed by atoms with Crippen LogP contribution in [0.15, 0.2) is 11.1 Å². The first-order chi connectivity index (χ1) is 11.0. The summed E-state index contributed by atoms with van der Waals surface area (Å²) < 4.78 is 6.92. The summed E-state index contributed by atoms with van der Waals surface area (Å²) >= 11 is 1.65. The van der Waals surface area contributed by atoms with E-state index >= 15 is 0 Å². The first-order valence-electron chi connectivity index (χ1n) is 8.25. The summed E-state index contributed by atoms with van der Waals surface area (Å²) in [6.45, 7) is 6.54. The van der Waals surface area contributed by atoms with Crippen molar-refractivity contribution in [2.75, 3.05) is 6.61 Å². The van der Waals surface area contributed by atoms with Gasteiger partial charge in [0.1, 0.15) is 4.83 Å². The quantitative estimate of drug-likeness (QED) is 0.910. The molecule has 0 aliphatic heterocycles. The second-order valence-electron chi connectivity index (χ2n) is 6.77. The summed E-state index contributed by atoms with van der Waals surface area (Å²) in [6, 6.07) is 0. The number of rotatable bonds is 5. The highest BCUT2D eigenvalue weighted by Crippen LogP contribution is 2.35. The minimum Gasteiger partial charge on any atom is -0.389 e. The molecule has 1 aliphatic rings. The highest BCUT2D eigenvalue weighted by molar-refractivity contribution is 7.18. The average molecular weight is 336 g/mol. The molecule has 2 heterocycles. The number of hydrogen-bond acceptors (Lipinski definition) is 5. The van der Waals surface area contributed by atoms with E-state index < -0.39 is 6.10 Å². The maximum absolute atomic E-state index is 12.8. The number of aromatic nitrogens is 2. The van der Waals surface area contributed by atoms with E-state index in [4.69, 9.17) is 4.74 Å². The molecule has 0 amide bonds. The van der Waals surface area contributed by atoms with Crippen LogP contribution in [0.2, 0.25) is 0 Å². The van der Waals surface area contributed by atoms with E-state index in [1.165, 1.54) is 15.0 Å². The Morgan fingerprint density at radius 3 is 3.04 bits per heavy atom. The number of aryl methyl sites for hydroxylation is 1. The number of ether oxygens (including phenoxy) is 1. The van der Waals surface area contributed by atoms with Crippen molar-refractivity contribution in [1.29, 1.82) is 0 Å². The summed E-state index contributed by atoms with van der Waals surface area (Å²) in [6.07, 6.45) is 4.03.